The van der Waals surface area contributed by atoms with Crippen LogP contribution in [0.5, 0.6) is 17.2 Å². The number of methoxy groups -OCH3 is 3. The molecule has 2 heterocycles. The summed E-state index contributed by atoms with van der Waals surface area (Å²) in [5.41, 5.74) is 4.07. The predicted octanol–water partition coefficient (Wildman–Crippen LogP) is 5.37. The van der Waals surface area contributed by atoms with E-state index < -0.39 is 0 Å². The molecule has 0 saturated heterocycles. The number of nitrogens with zero attached hydrogens (tertiary/aromatic N) is 1. The Hall–Kier alpha value is -3.58. The number of fused-ring (bicyclic) bond motifs is 4. The third kappa shape index (κ3) is 3.22. The number of carbonyl (C=O) groups is 1. The number of hydrogen-bond donors (Lipinski definition) is 2. The van der Waals surface area contributed by atoms with Gasteiger partial charge in [-0.3, -0.25) is 4.79 Å². The van der Waals surface area contributed by atoms with Crippen LogP contribution in [0, 0.1) is 0 Å². The molecule has 3 aromatic carbocycles. The standard InChI is InChI=1S/C26H26ClN3O4/c1-28-18-11-20-22(17-8-6-5-7-16(17)18)15(12-27)13-30(20)26(31)19-9-14-10-21(32-2)24(33-3)25(34-4)23(14)29-19/h5-11,15,28-29H,12-13H2,1-4H3/t15-/m0/s1. The van der Waals surface area contributed by atoms with Crippen LogP contribution in [-0.2, 0) is 0 Å². The van der Waals surface area contributed by atoms with Gasteiger partial charge in [0.25, 0.3) is 5.91 Å². The van der Waals surface area contributed by atoms with Crippen LogP contribution in [0.15, 0.2) is 42.5 Å². The van der Waals surface area contributed by atoms with E-state index in [1.165, 1.54) is 0 Å². The number of H-pyrrole nitrogens is 1. The number of ether oxygens (including phenoxy) is 3. The Kier molecular flexibility index (Phi) is 5.65. The van der Waals surface area contributed by atoms with Gasteiger partial charge in [-0.1, -0.05) is 24.3 Å². The molecule has 5 rings (SSSR count). The minimum Gasteiger partial charge on any atom is -0.493 e. The molecule has 2 N–H and O–H groups in total. The van der Waals surface area contributed by atoms with Crippen LogP contribution >= 0.6 is 11.6 Å². The first-order chi connectivity index (χ1) is 16.6. The molecule has 1 aliphatic heterocycles. The van der Waals surface area contributed by atoms with Crippen molar-refractivity contribution in [3.63, 3.8) is 0 Å². The predicted molar refractivity (Wildman–Crippen MR) is 137 cm³/mol. The highest BCUT2D eigenvalue weighted by molar-refractivity contribution is 6.19. The number of aromatic nitrogens is 1. The van der Waals surface area contributed by atoms with Gasteiger partial charge in [-0.15, -0.1) is 11.6 Å². The largest absolute Gasteiger partial charge is 0.493 e. The van der Waals surface area contributed by atoms with Crippen molar-refractivity contribution in [1.29, 1.82) is 0 Å². The van der Waals surface area contributed by atoms with Crippen molar-refractivity contribution in [2.24, 2.45) is 0 Å². The van der Waals surface area contributed by atoms with E-state index in [-0.39, 0.29) is 11.8 Å². The number of hydrogen-bond acceptors (Lipinski definition) is 5. The van der Waals surface area contributed by atoms with Crippen molar-refractivity contribution in [3.05, 3.63) is 53.7 Å². The molecule has 1 amide bonds. The summed E-state index contributed by atoms with van der Waals surface area (Å²) >= 11 is 6.39. The number of benzene rings is 3. The van der Waals surface area contributed by atoms with E-state index in [2.05, 4.69) is 22.4 Å². The topological polar surface area (TPSA) is 75.8 Å². The zero-order valence-electron chi connectivity index (χ0n) is 19.5. The summed E-state index contributed by atoms with van der Waals surface area (Å²) in [6, 6.07) is 13.9. The number of carbonyl (C=O) groups excluding carboxylic acids is 1. The van der Waals surface area contributed by atoms with E-state index in [9.17, 15) is 4.79 Å². The van der Waals surface area contributed by atoms with Crippen molar-refractivity contribution in [1.82, 2.24) is 4.98 Å². The van der Waals surface area contributed by atoms with Crippen molar-refractivity contribution in [2.45, 2.75) is 5.92 Å². The van der Waals surface area contributed by atoms with Crippen molar-refractivity contribution >= 4 is 50.6 Å². The first-order valence-corrected chi connectivity index (χ1v) is 11.5. The van der Waals surface area contributed by atoms with Crippen LogP contribution in [0.25, 0.3) is 21.7 Å². The molecular formula is C26H26ClN3O4. The number of amides is 1. The Morgan fingerprint density at radius 1 is 1.09 bits per heavy atom. The van der Waals surface area contributed by atoms with Crippen LogP contribution in [-0.4, -0.2) is 51.7 Å². The Morgan fingerprint density at radius 2 is 1.82 bits per heavy atom. The highest BCUT2D eigenvalue weighted by Crippen LogP contribution is 2.46. The number of nitrogens with one attached hydrogen (secondary N) is 2. The second-order valence-electron chi connectivity index (χ2n) is 8.21. The maximum atomic E-state index is 13.8. The molecule has 0 saturated carbocycles. The van der Waals surface area contributed by atoms with Crippen LogP contribution in [0.3, 0.4) is 0 Å². The fourth-order valence-electron chi connectivity index (χ4n) is 4.98. The second kappa shape index (κ2) is 8.65. The maximum Gasteiger partial charge on any atom is 0.274 e. The average molecular weight is 480 g/mol. The van der Waals surface area contributed by atoms with Gasteiger partial charge >= 0.3 is 0 Å². The lowest BCUT2D eigenvalue weighted by Gasteiger charge is -2.18. The molecular weight excluding hydrogens is 454 g/mol. The van der Waals surface area contributed by atoms with E-state index in [1.807, 2.05) is 37.4 Å². The molecule has 0 bridgehead atoms. The summed E-state index contributed by atoms with van der Waals surface area (Å²) in [5, 5.41) is 6.29. The Labute approximate surface area is 202 Å². The smallest absolute Gasteiger partial charge is 0.274 e. The van der Waals surface area contributed by atoms with Gasteiger partial charge in [0.2, 0.25) is 5.75 Å². The molecule has 0 fully saturated rings. The molecule has 0 unspecified atom stereocenters. The molecule has 8 heteroatoms. The van der Waals surface area contributed by atoms with Gasteiger partial charge in [-0.2, -0.15) is 0 Å². The van der Waals surface area contributed by atoms with Crippen LogP contribution in [0.2, 0.25) is 0 Å². The fraction of sp³-hybridized carbons (Fsp3) is 0.269. The molecule has 0 spiro atoms. The summed E-state index contributed by atoms with van der Waals surface area (Å²) in [5.74, 6) is 1.81. The zero-order valence-corrected chi connectivity index (χ0v) is 20.2. The van der Waals surface area contributed by atoms with E-state index in [1.54, 1.807) is 26.2 Å². The molecule has 0 aliphatic carbocycles. The van der Waals surface area contributed by atoms with Gasteiger partial charge in [0.05, 0.1) is 32.5 Å². The highest BCUT2D eigenvalue weighted by atomic mass is 35.5. The number of rotatable bonds is 6. The first kappa shape index (κ1) is 22.2. The van der Waals surface area contributed by atoms with E-state index in [0.29, 0.717) is 40.9 Å². The lowest BCUT2D eigenvalue weighted by Crippen LogP contribution is -2.30. The number of alkyl halides is 1. The van der Waals surface area contributed by atoms with Crippen molar-refractivity contribution < 1.29 is 19.0 Å². The van der Waals surface area contributed by atoms with Gasteiger partial charge in [-0.25, -0.2) is 0 Å². The third-order valence-corrected chi connectivity index (χ3v) is 6.89. The van der Waals surface area contributed by atoms with Crippen LogP contribution in [0.1, 0.15) is 22.0 Å². The molecule has 4 aromatic rings. The summed E-state index contributed by atoms with van der Waals surface area (Å²) < 4.78 is 16.5. The van der Waals surface area contributed by atoms with Crippen LogP contribution < -0.4 is 24.4 Å². The zero-order chi connectivity index (χ0) is 24.0. The highest BCUT2D eigenvalue weighted by Gasteiger charge is 2.35. The van der Waals surface area contributed by atoms with E-state index in [4.69, 9.17) is 25.8 Å². The molecule has 1 atom stereocenters. The Balaban J connectivity index is 1.65. The summed E-state index contributed by atoms with van der Waals surface area (Å²) in [6.07, 6.45) is 0. The SMILES string of the molecule is CNc1cc2c(c3ccccc13)[C@@H](CCl)CN2C(=O)c1cc2cc(OC)c(OC)c(OC)c2[nH]1. The van der Waals surface area contributed by atoms with Gasteiger partial charge in [0.1, 0.15) is 5.69 Å². The molecule has 1 aromatic heterocycles. The minimum absolute atomic E-state index is 0.0375. The van der Waals surface area contributed by atoms with Crippen molar-refractivity contribution in [2.75, 3.05) is 51.0 Å². The summed E-state index contributed by atoms with van der Waals surface area (Å²) in [7, 11) is 6.57. The first-order valence-electron chi connectivity index (χ1n) is 11.0. The third-order valence-electron chi connectivity index (χ3n) is 6.52. The molecule has 176 valence electrons. The number of anilines is 2. The molecule has 34 heavy (non-hydrogen) atoms. The lowest BCUT2D eigenvalue weighted by molar-refractivity contribution is 0.0984. The normalized spacial score (nSPS) is 15.0. The number of halogens is 1. The lowest BCUT2D eigenvalue weighted by atomic mass is 9.95. The van der Waals surface area contributed by atoms with Gasteiger partial charge in [-0.05, 0) is 29.1 Å². The summed E-state index contributed by atoms with van der Waals surface area (Å²) in [4.78, 5) is 18.9. The molecule has 1 aliphatic rings. The molecule has 7 nitrogen and oxygen atoms in total. The quantitative estimate of drug-likeness (QED) is 0.363. The van der Waals surface area contributed by atoms with E-state index in [0.717, 1.165) is 33.1 Å². The van der Waals surface area contributed by atoms with Crippen molar-refractivity contribution in [3.8, 4) is 17.2 Å². The average Bonchev–Trinajstić information content (AvgIpc) is 3.47. The fourth-order valence-corrected chi connectivity index (χ4v) is 5.23. The number of aromatic amines is 1. The van der Waals surface area contributed by atoms with Gasteiger partial charge in [0, 0.05) is 41.9 Å². The Bertz CT molecular complexity index is 1410. The van der Waals surface area contributed by atoms with Gasteiger partial charge in [0.15, 0.2) is 11.5 Å². The minimum atomic E-state index is -0.137. The monoisotopic (exact) mass is 479 g/mol. The second-order valence-corrected chi connectivity index (χ2v) is 8.52. The van der Waals surface area contributed by atoms with Crippen LogP contribution in [0.4, 0.5) is 11.4 Å². The molecule has 0 radical (unpaired) electrons. The summed E-state index contributed by atoms with van der Waals surface area (Å²) in [6.45, 7) is 0.508. The Morgan fingerprint density at radius 3 is 2.47 bits per heavy atom. The van der Waals surface area contributed by atoms with Gasteiger partial charge < -0.3 is 29.4 Å². The maximum absolute atomic E-state index is 13.8. The van der Waals surface area contributed by atoms with E-state index >= 15 is 0 Å².